The molecular weight excluding hydrogens is 258 g/mol. The molecule has 0 spiro atoms. The molecule has 1 aliphatic carbocycles. The summed E-state index contributed by atoms with van der Waals surface area (Å²) in [5.41, 5.74) is 0. The number of amides is 4. The fourth-order valence-corrected chi connectivity index (χ4v) is 2.61. The molecule has 2 fully saturated rings. The lowest BCUT2D eigenvalue weighted by Gasteiger charge is -2.33. The minimum Gasteiger partial charge on any atom is -0.337 e. The van der Waals surface area contributed by atoms with Gasteiger partial charge in [0.15, 0.2) is 0 Å². The van der Waals surface area contributed by atoms with E-state index in [9.17, 15) is 14.4 Å². The van der Waals surface area contributed by atoms with Crippen LogP contribution in [0.4, 0.5) is 4.79 Å². The van der Waals surface area contributed by atoms with Crippen molar-refractivity contribution in [3.8, 4) is 0 Å². The van der Waals surface area contributed by atoms with Gasteiger partial charge in [-0.2, -0.15) is 0 Å². The zero-order chi connectivity index (χ0) is 14.9. The Balaban J connectivity index is 2.00. The second-order valence-corrected chi connectivity index (χ2v) is 5.88. The molecule has 1 aliphatic heterocycles. The van der Waals surface area contributed by atoms with Crippen LogP contribution in [0.15, 0.2) is 0 Å². The number of imide groups is 1. The van der Waals surface area contributed by atoms with Crippen LogP contribution in [-0.2, 0) is 9.59 Å². The van der Waals surface area contributed by atoms with Crippen LogP contribution in [0.1, 0.15) is 46.5 Å². The first-order chi connectivity index (χ1) is 9.43. The van der Waals surface area contributed by atoms with Gasteiger partial charge < -0.3 is 10.2 Å². The molecule has 3 atom stereocenters. The summed E-state index contributed by atoms with van der Waals surface area (Å²) in [6.07, 6.45) is 3.14. The van der Waals surface area contributed by atoms with Crippen molar-refractivity contribution in [3.05, 3.63) is 0 Å². The molecule has 0 bridgehead atoms. The van der Waals surface area contributed by atoms with E-state index in [1.165, 1.54) is 0 Å². The molecule has 1 heterocycles. The molecule has 2 aliphatic rings. The van der Waals surface area contributed by atoms with E-state index in [-0.39, 0.29) is 18.4 Å². The predicted molar refractivity (Wildman–Crippen MR) is 73.9 cm³/mol. The molecule has 4 amide bonds. The number of carbonyl (C=O) groups is 3. The summed E-state index contributed by atoms with van der Waals surface area (Å²) in [5, 5.41) is 4.64. The van der Waals surface area contributed by atoms with Crippen molar-refractivity contribution in [1.29, 1.82) is 0 Å². The van der Waals surface area contributed by atoms with Crippen LogP contribution in [0, 0.1) is 5.92 Å². The summed E-state index contributed by atoms with van der Waals surface area (Å²) in [6, 6.07) is -0.757. The average Bonchev–Trinajstić information content (AvgIpc) is 3.16. The van der Waals surface area contributed by atoms with E-state index in [4.69, 9.17) is 0 Å². The molecule has 2 rings (SSSR count). The summed E-state index contributed by atoms with van der Waals surface area (Å²) in [5.74, 6) is -0.0236. The lowest BCUT2D eigenvalue weighted by Crippen LogP contribution is -2.46. The Kier molecular flexibility index (Phi) is 4.30. The zero-order valence-corrected chi connectivity index (χ0v) is 12.3. The van der Waals surface area contributed by atoms with Crippen molar-refractivity contribution >= 4 is 17.8 Å². The van der Waals surface area contributed by atoms with Crippen LogP contribution < -0.4 is 10.6 Å². The van der Waals surface area contributed by atoms with E-state index in [2.05, 4.69) is 31.4 Å². The summed E-state index contributed by atoms with van der Waals surface area (Å²) in [6.45, 7) is 6.32. The molecule has 0 radical (unpaired) electrons. The fraction of sp³-hybridized carbons (Fsp3) is 0.786. The third-order valence-corrected chi connectivity index (χ3v) is 4.37. The predicted octanol–water partition coefficient (Wildman–Crippen LogP) is 1.01. The highest BCUT2D eigenvalue weighted by molar-refractivity contribution is 6.05. The number of nitrogens with zero attached hydrogens (tertiary/aromatic N) is 1. The topological polar surface area (TPSA) is 78.5 Å². The van der Waals surface area contributed by atoms with E-state index in [0.717, 1.165) is 19.3 Å². The molecule has 0 unspecified atom stereocenters. The lowest BCUT2D eigenvalue weighted by atomic mass is 9.98. The third-order valence-electron chi connectivity index (χ3n) is 4.37. The second-order valence-electron chi connectivity index (χ2n) is 5.88. The summed E-state index contributed by atoms with van der Waals surface area (Å²) >= 11 is 0. The van der Waals surface area contributed by atoms with Gasteiger partial charge in [-0.1, -0.05) is 20.3 Å². The smallest absolute Gasteiger partial charge is 0.322 e. The Labute approximate surface area is 119 Å². The van der Waals surface area contributed by atoms with Gasteiger partial charge in [-0.3, -0.25) is 14.9 Å². The van der Waals surface area contributed by atoms with Crippen LogP contribution >= 0.6 is 0 Å². The number of rotatable bonds is 6. The standard InChI is InChI=1S/C14H23N3O3/c1-4-8(2)9(3)17(10-5-6-10)12(18)7-11-13(19)16-14(20)15-11/h8-11H,4-7H2,1-3H3,(H2,15,16,19,20)/t8-,9+,11-/m0/s1. The van der Waals surface area contributed by atoms with Gasteiger partial charge in [-0.25, -0.2) is 4.79 Å². The summed E-state index contributed by atoms with van der Waals surface area (Å²) in [4.78, 5) is 37.0. The summed E-state index contributed by atoms with van der Waals surface area (Å²) in [7, 11) is 0. The van der Waals surface area contributed by atoms with E-state index >= 15 is 0 Å². The Bertz CT molecular complexity index is 420. The van der Waals surface area contributed by atoms with Gasteiger partial charge in [0.25, 0.3) is 5.91 Å². The second kappa shape index (κ2) is 5.81. The maximum atomic E-state index is 12.5. The van der Waals surface area contributed by atoms with Crippen molar-refractivity contribution < 1.29 is 14.4 Å². The van der Waals surface area contributed by atoms with Gasteiger partial charge in [0.05, 0.1) is 6.42 Å². The maximum Gasteiger partial charge on any atom is 0.322 e. The fourth-order valence-electron chi connectivity index (χ4n) is 2.61. The van der Waals surface area contributed by atoms with Crippen LogP contribution in [0.2, 0.25) is 0 Å². The van der Waals surface area contributed by atoms with Crippen molar-refractivity contribution in [3.63, 3.8) is 0 Å². The molecule has 2 N–H and O–H groups in total. The van der Waals surface area contributed by atoms with Crippen LogP contribution in [0.3, 0.4) is 0 Å². The molecule has 20 heavy (non-hydrogen) atoms. The van der Waals surface area contributed by atoms with Crippen molar-refractivity contribution in [1.82, 2.24) is 15.5 Å². The Morgan fingerprint density at radius 3 is 2.45 bits per heavy atom. The first-order valence-electron chi connectivity index (χ1n) is 7.36. The zero-order valence-electron chi connectivity index (χ0n) is 12.3. The van der Waals surface area contributed by atoms with Gasteiger partial charge in [-0.05, 0) is 25.7 Å². The molecule has 0 aromatic rings. The Hall–Kier alpha value is -1.59. The highest BCUT2D eigenvalue weighted by Crippen LogP contribution is 2.32. The molecular formula is C14H23N3O3. The first kappa shape index (κ1) is 14.8. The maximum absolute atomic E-state index is 12.5. The highest BCUT2D eigenvalue weighted by atomic mass is 16.2. The monoisotopic (exact) mass is 281 g/mol. The number of urea groups is 1. The number of hydrogen-bond acceptors (Lipinski definition) is 3. The van der Waals surface area contributed by atoms with Crippen LogP contribution in [-0.4, -0.2) is 40.9 Å². The van der Waals surface area contributed by atoms with Crippen molar-refractivity contribution in [2.45, 2.75) is 64.6 Å². The third kappa shape index (κ3) is 3.11. The minimum atomic E-state index is -0.722. The molecule has 1 saturated carbocycles. The lowest BCUT2D eigenvalue weighted by molar-refractivity contribution is -0.137. The van der Waals surface area contributed by atoms with E-state index in [0.29, 0.717) is 12.0 Å². The number of hydrogen-bond donors (Lipinski definition) is 2. The van der Waals surface area contributed by atoms with Crippen molar-refractivity contribution in [2.75, 3.05) is 0 Å². The quantitative estimate of drug-likeness (QED) is 0.713. The average molecular weight is 281 g/mol. The molecule has 112 valence electrons. The van der Waals surface area contributed by atoms with Gasteiger partial charge in [-0.15, -0.1) is 0 Å². The number of carbonyl (C=O) groups excluding carboxylic acids is 3. The van der Waals surface area contributed by atoms with Gasteiger partial charge in [0.1, 0.15) is 6.04 Å². The minimum absolute atomic E-state index is 0.0392. The molecule has 1 saturated heterocycles. The molecule has 6 heteroatoms. The van der Waals surface area contributed by atoms with Crippen LogP contribution in [0.5, 0.6) is 0 Å². The normalized spacial score (nSPS) is 24.9. The van der Waals surface area contributed by atoms with Gasteiger partial charge in [0.2, 0.25) is 5.91 Å². The van der Waals surface area contributed by atoms with Crippen LogP contribution in [0.25, 0.3) is 0 Å². The largest absolute Gasteiger partial charge is 0.337 e. The van der Waals surface area contributed by atoms with E-state index < -0.39 is 18.0 Å². The van der Waals surface area contributed by atoms with Gasteiger partial charge >= 0.3 is 6.03 Å². The SMILES string of the molecule is CC[C@H](C)[C@@H](C)N(C(=O)C[C@@H]1NC(=O)NC1=O)C1CC1. The van der Waals surface area contributed by atoms with Crippen molar-refractivity contribution in [2.24, 2.45) is 5.92 Å². The van der Waals surface area contributed by atoms with Gasteiger partial charge in [0, 0.05) is 12.1 Å². The van der Waals surface area contributed by atoms with E-state index in [1.807, 2.05) is 4.90 Å². The molecule has 0 aromatic carbocycles. The van der Waals surface area contributed by atoms with E-state index in [1.54, 1.807) is 0 Å². The Morgan fingerprint density at radius 2 is 2.00 bits per heavy atom. The highest BCUT2D eigenvalue weighted by Gasteiger charge is 2.40. The molecule has 0 aromatic heterocycles. The molecule has 6 nitrogen and oxygen atoms in total. The Morgan fingerprint density at radius 1 is 1.35 bits per heavy atom. The first-order valence-corrected chi connectivity index (χ1v) is 7.36. The number of nitrogens with one attached hydrogen (secondary N) is 2. The summed E-state index contributed by atoms with van der Waals surface area (Å²) < 4.78 is 0.